The van der Waals surface area contributed by atoms with Crippen LogP contribution in [0.3, 0.4) is 0 Å². The van der Waals surface area contributed by atoms with Crippen LogP contribution in [0.25, 0.3) is 0 Å². The number of ether oxygens (including phenoxy) is 1. The average Bonchev–Trinajstić information content (AvgIpc) is 2.76. The Labute approximate surface area is 176 Å². The molecule has 0 aromatic heterocycles. The van der Waals surface area contributed by atoms with Gasteiger partial charge in [-0.15, -0.1) is 0 Å². The molecule has 0 atom stereocenters. The summed E-state index contributed by atoms with van der Waals surface area (Å²) < 4.78 is 5.40. The van der Waals surface area contributed by atoms with Gasteiger partial charge in [0.25, 0.3) is 5.91 Å². The molecule has 5 heteroatoms. The van der Waals surface area contributed by atoms with Gasteiger partial charge in [-0.25, -0.2) is 5.43 Å². The summed E-state index contributed by atoms with van der Waals surface area (Å²) in [6.07, 6.45) is 1.61. The van der Waals surface area contributed by atoms with E-state index in [1.54, 1.807) is 6.21 Å². The highest BCUT2D eigenvalue weighted by atomic mass is 32.2. The molecule has 0 heterocycles. The summed E-state index contributed by atoms with van der Waals surface area (Å²) in [5.41, 5.74) is 6.56. The molecule has 0 radical (unpaired) electrons. The molecular weight excluding hydrogens is 380 g/mol. The van der Waals surface area contributed by atoms with E-state index in [1.165, 1.54) is 11.1 Å². The third-order valence-corrected chi connectivity index (χ3v) is 5.24. The van der Waals surface area contributed by atoms with E-state index in [0.717, 1.165) is 22.8 Å². The van der Waals surface area contributed by atoms with E-state index < -0.39 is 0 Å². The molecule has 0 fully saturated rings. The van der Waals surface area contributed by atoms with E-state index in [-0.39, 0.29) is 5.91 Å². The molecule has 3 aromatic carbocycles. The van der Waals surface area contributed by atoms with Crippen molar-refractivity contribution in [2.75, 3.05) is 6.61 Å². The highest BCUT2D eigenvalue weighted by Crippen LogP contribution is 2.18. The van der Waals surface area contributed by atoms with Gasteiger partial charge in [0.15, 0.2) is 0 Å². The number of thioether (sulfide) groups is 1. The third kappa shape index (κ3) is 6.80. The average molecular weight is 405 g/mol. The second-order valence-electron chi connectivity index (χ2n) is 6.38. The lowest BCUT2D eigenvalue weighted by Gasteiger charge is -2.04. The summed E-state index contributed by atoms with van der Waals surface area (Å²) in [4.78, 5) is 12.2. The second-order valence-corrected chi connectivity index (χ2v) is 7.36. The van der Waals surface area contributed by atoms with Gasteiger partial charge in [0, 0.05) is 17.1 Å². The number of carbonyl (C=O) groups excluding carboxylic acids is 1. The van der Waals surface area contributed by atoms with Crippen LogP contribution in [-0.2, 0) is 11.5 Å². The predicted molar refractivity (Wildman–Crippen MR) is 121 cm³/mol. The first-order valence-electron chi connectivity index (χ1n) is 9.51. The molecule has 0 aliphatic carbocycles. The molecular formula is C24H24N2O2S. The number of nitrogens with one attached hydrogen (secondary N) is 1. The fraction of sp³-hybridized carbons (Fsp3) is 0.167. The van der Waals surface area contributed by atoms with Gasteiger partial charge < -0.3 is 4.74 Å². The summed E-state index contributed by atoms with van der Waals surface area (Å²) in [5, 5.41) is 4.03. The first-order valence-corrected chi connectivity index (χ1v) is 10.7. The number of hydrogen-bond acceptors (Lipinski definition) is 4. The molecule has 1 N–H and O–H groups in total. The fourth-order valence-electron chi connectivity index (χ4n) is 2.66. The van der Waals surface area contributed by atoms with Gasteiger partial charge in [0.2, 0.25) is 0 Å². The summed E-state index contributed by atoms with van der Waals surface area (Å²) in [5.74, 6) is 2.47. The summed E-state index contributed by atoms with van der Waals surface area (Å²) in [6, 6.07) is 25.6. The van der Waals surface area contributed by atoms with Gasteiger partial charge in [-0.1, -0.05) is 42.5 Å². The Morgan fingerprint density at radius 3 is 2.24 bits per heavy atom. The Balaban J connectivity index is 1.45. The van der Waals surface area contributed by atoms with E-state index >= 15 is 0 Å². The molecule has 3 aromatic rings. The molecule has 148 valence electrons. The highest BCUT2D eigenvalue weighted by molar-refractivity contribution is 7.97. The molecule has 3 rings (SSSR count). The largest absolute Gasteiger partial charge is 0.494 e. The summed E-state index contributed by atoms with van der Waals surface area (Å²) in [7, 11) is 0. The maximum atomic E-state index is 12.2. The first kappa shape index (κ1) is 20.7. The normalized spacial score (nSPS) is 10.8. The number of amides is 1. The first-order chi connectivity index (χ1) is 14.2. The van der Waals surface area contributed by atoms with E-state index in [0.29, 0.717) is 12.2 Å². The van der Waals surface area contributed by atoms with Crippen molar-refractivity contribution < 1.29 is 9.53 Å². The van der Waals surface area contributed by atoms with Gasteiger partial charge in [0.1, 0.15) is 5.75 Å². The van der Waals surface area contributed by atoms with Crippen LogP contribution in [0, 0.1) is 0 Å². The molecule has 0 unspecified atom stereocenters. The maximum absolute atomic E-state index is 12.2. The quantitative estimate of drug-likeness (QED) is 0.390. The van der Waals surface area contributed by atoms with Crippen LogP contribution < -0.4 is 10.2 Å². The summed E-state index contributed by atoms with van der Waals surface area (Å²) >= 11 is 1.86. The number of hydrazone groups is 1. The van der Waals surface area contributed by atoms with Gasteiger partial charge in [-0.2, -0.15) is 16.9 Å². The zero-order valence-corrected chi connectivity index (χ0v) is 17.2. The molecule has 0 aliphatic rings. The number of hydrogen-bond donors (Lipinski definition) is 1. The number of benzene rings is 3. The minimum Gasteiger partial charge on any atom is -0.494 e. The SMILES string of the molecule is CCOc1ccc(/C=N\NC(=O)c2ccc(CSCc3ccccc3)cc2)cc1. The molecule has 0 spiro atoms. The van der Waals surface area contributed by atoms with Crippen molar-refractivity contribution in [2.24, 2.45) is 5.10 Å². The highest BCUT2D eigenvalue weighted by Gasteiger charge is 2.04. The summed E-state index contributed by atoms with van der Waals surface area (Å²) in [6.45, 7) is 2.58. The second kappa shape index (κ2) is 11.1. The monoisotopic (exact) mass is 404 g/mol. The van der Waals surface area contributed by atoms with Crippen molar-refractivity contribution in [1.29, 1.82) is 0 Å². The maximum Gasteiger partial charge on any atom is 0.271 e. The molecule has 0 saturated carbocycles. The third-order valence-electron chi connectivity index (χ3n) is 4.17. The van der Waals surface area contributed by atoms with Crippen LogP contribution in [0.4, 0.5) is 0 Å². The topological polar surface area (TPSA) is 50.7 Å². The zero-order chi connectivity index (χ0) is 20.3. The number of carbonyl (C=O) groups is 1. The minimum atomic E-state index is -0.226. The molecule has 29 heavy (non-hydrogen) atoms. The van der Waals surface area contributed by atoms with Crippen LogP contribution in [0.15, 0.2) is 84.0 Å². The van der Waals surface area contributed by atoms with Crippen molar-refractivity contribution in [2.45, 2.75) is 18.4 Å². The van der Waals surface area contributed by atoms with Crippen LogP contribution in [0.1, 0.15) is 34.0 Å². The van der Waals surface area contributed by atoms with Crippen molar-refractivity contribution in [3.8, 4) is 5.75 Å². The lowest BCUT2D eigenvalue weighted by Crippen LogP contribution is -2.17. The van der Waals surface area contributed by atoms with E-state index in [2.05, 4.69) is 34.8 Å². The molecule has 0 saturated heterocycles. The Bertz CT molecular complexity index is 923. The van der Waals surface area contributed by atoms with Crippen LogP contribution in [0.2, 0.25) is 0 Å². The van der Waals surface area contributed by atoms with E-state index in [9.17, 15) is 4.79 Å². The zero-order valence-electron chi connectivity index (χ0n) is 16.4. The molecule has 4 nitrogen and oxygen atoms in total. The Hall–Kier alpha value is -3.05. The van der Waals surface area contributed by atoms with Crippen molar-refractivity contribution in [3.63, 3.8) is 0 Å². The standard InChI is InChI=1S/C24H24N2O2S/c1-2-28-23-14-10-19(11-15-23)16-25-26-24(27)22-12-8-21(9-13-22)18-29-17-20-6-4-3-5-7-20/h3-16H,2,17-18H2,1H3,(H,26,27)/b25-16-. The van der Waals surface area contributed by atoms with Gasteiger partial charge in [0.05, 0.1) is 12.8 Å². The molecule has 0 aliphatic heterocycles. The molecule has 0 bridgehead atoms. The van der Waals surface area contributed by atoms with Crippen LogP contribution >= 0.6 is 11.8 Å². The van der Waals surface area contributed by atoms with Crippen molar-refractivity contribution in [1.82, 2.24) is 5.43 Å². The fourth-order valence-corrected chi connectivity index (χ4v) is 3.62. The number of rotatable bonds is 9. The van der Waals surface area contributed by atoms with Crippen molar-refractivity contribution in [3.05, 3.63) is 101 Å². The Morgan fingerprint density at radius 2 is 1.59 bits per heavy atom. The van der Waals surface area contributed by atoms with Gasteiger partial charge in [-0.3, -0.25) is 4.79 Å². The smallest absolute Gasteiger partial charge is 0.271 e. The van der Waals surface area contributed by atoms with Crippen LogP contribution in [0.5, 0.6) is 5.75 Å². The van der Waals surface area contributed by atoms with Crippen molar-refractivity contribution >= 4 is 23.9 Å². The van der Waals surface area contributed by atoms with Gasteiger partial charge >= 0.3 is 0 Å². The lowest BCUT2D eigenvalue weighted by molar-refractivity contribution is 0.0955. The van der Waals surface area contributed by atoms with Crippen LogP contribution in [-0.4, -0.2) is 18.7 Å². The minimum absolute atomic E-state index is 0.226. The lowest BCUT2D eigenvalue weighted by atomic mass is 10.1. The Kier molecular flexibility index (Phi) is 7.90. The van der Waals surface area contributed by atoms with E-state index in [4.69, 9.17) is 4.74 Å². The predicted octanol–water partition coefficient (Wildman–Crippen LogP) is 5.28. The Morgan fingerprint density at radius 1 is 0.931 bits per heavy atom. The van der Waals surface area contributed by atoms with E-state index in [1.807, 2.05) is 73.3 Å². The van der Waals surface area contributed by atoms with Gasteiger partial charge in [-0.05, 0) is 60.0 Å². The number of nitrogens with zero attached hydrogens (tertiary/aromatic N) is 1. The molecule has 1 amide bonds.